The van der Waals surface area contributed by atoms with E-state index in [0.717, 1.165) is 24.8 Å². The minimum Gasteiger partial charge on any atom is -0.508 e. The second kappa shape index (κ2) is 16.2. The van der Waals surface area contributed by atoms with Crippen LogP contribution < -0.4 is 10.6 Å². The average molecular weight is 614 g/mol. The molecule has 1 saturated carbocycles. The molecule has 3 amide bonds. The maximum absolute atomic E-state index is 13.3. The standard InChI is InChI=1S/C27H34N2O4.C10H13NO/c1-18-22(12-7-13-24(18)30)26(32)28-23(16-19-8-3-2-4-9-19)25(31)27(33)29-15-14-20-10-5-6-11-21(20)17-29;1-8-4-3-5-9(2)10(8)6-11-7-12/h2-4,7-9,12-13,20-21,23,25,30-31H,5-6,10-11,14-17H2,1H3,(H,28,32);3-5,7H,6H2,1-2H3,(H,11,12)/t20-,21+,23-,25-;/m0./s1. The Kier molecular flexibility index (Phi) is 12.2. The van der Waals surface area contributed by atoms with Gasteiger partial charge in [-0.2, -0.15) is 0 Å². The third kappa shape index (κ3) is 8.94. The highest BCUT2D eigenvalue weighted by Gasteiger charge is 2.37. The second-order valence-corrected chi connectivity index (χ2v) is 12.4. The Morgan fingerprint density at radius 3 is 2.27 bits per heavy atom. The number of nitrogens with zero attached hydrogens (tertiary/aromatic N) is 1. The number of fused-ring (bicyclic) bond motifs is 1. The third-order valence-electron chi connectivity index (χ3n) is 9.41. The number of carbonyl (C=O) groups excluding carboxylic acids is 3. The van der Waals surface area contributed by atoms with Crippen LogP contribution in [0.25, 0.3) is 0 Å². The number of nitrogens with one attached hydrogen (secondary N) is 2. The molecule has 0 unspecified atom stereocenters. The zero-order chi connectivity index (χ0) is 32.3. The van der Waals surface area contributed by atoms with E-state index < -0.39 is 18.1 Å². The molecule has 2 aliphatic rings. The zero-order valence-electron chi connectivity index (χ0n) is 26.7. The molecule has 3 aromatic rings. The summed E-state index contributed by atoms with van der Waals surface area (Å²) < 4.78 is 0. The fraction of sp³-hybridized carbons (Fsp3) is 0.432. The van der Waals surface area contributed by atoms with Gasteiger partial charge in [-0.1, -0.05) is 73.9 Å². The van der Waals surface area contributed by atoms with E-state index in [2.05, 4.69) is 36.6 Å². The predicted molar refractivity (Wildman–Crippen MR) is 176 cm³/mol. The highest BCUT2D eigenvalue weighted by molar-refractivity contribution is 5.97. The normalized spacial score (nSPS) is 18.8. The molecule has 5 rings (SSSR count). The van der Waals surface area contributed by atoms with E-state index in [1.165, 1.54) is 42.0 Å². The Morgan fingerprint density at radius 2 is 1.58 bits per heavy atom. The van der Waals surface area contributed by atoms with Crippen molar-refractivity contribution in [1.82, 2.24) is 15.5 Å². The fourth-order valence-electron chi connectivity index (χ4n) is 6.66. The summed E-state index contributed by atoms with van der Waals surface area (Å²) in [6.07, 6.45) is 5.58. The SMILES string of the molecule is Cc1c(O)cccc1C(=O)N[C@@H](Cc1ccccc1)[C@H](O)C(=O)N1CC[C@@H]2CCCC[C@@H]2C1.Cc1cccc(C)c1CNC=O. The zero-order valence-corrected chi connectivity index (χ0v) is 26.7. The Labute approximate surface area is 266 Å². The third-order valence-corrected chi connectivity index (χ3v) is 9.41. The number of phenolic OH excluding ortho intramolecular Hbond substituents is 1. The smallest absolute Gasteiger partial charge is 0.253 e. The minimum absolute atomic E-state index is 0.0363. The number of carbonyl (C=O) groups is 3. The summed E-state index contributed by atoms with van der Waals surface area (Å²) in [5.41, 5.74) is 5.39. The monoisotopic (exact) mass is 613 g/mol. The topological polar surface area (TPSA) is 119 Å². The Morgan fingerprint density at radius 1 is 0.911 bits per heavy atom. The Hall–Kier alpha value is -4.17. The van der Waals surface area contributed by atoms with Crippen molar-refractivity contribution in [2.75, 3.05) is 13.1 Å². The molecule has 0 radical (unpaired) electrons. The molecule has 0 spiro atoms. The number of piperidine rings is 1. The molecule has 8 nitrogen and oxygen atoms in total. The predicted octanol–water partition coefficient (Wildman–Crippen LogP) is 4.99. The molecule has 0 bridgehead atoms. The van der Waals surface area contributed by atoms with Gasteiger partial charge in [-0.25, -0.2) is 0 Å². The lowest BCUT2D eigenvalue weighted by Gasteiger charge is -2.42. The van der Waals surface area contributed by atoms with Gasteiger partial charge >= 0.3 is 0 Å². The van der Waals surface area contributed by atoms with Crippen LogP contribution in [-0.4, -0.2) is 58.6 Å². The molecule has 45 heavy (non-hydrogen) atoms. The first-order valence-corrected chi connectivity index (χ1v) is 16.0. The largest absolute Gasteiger partial charge is 0.508 e. The van der Waals surface area contributed by atoms with E-state index in [-0.39, 0.29) is 11.7 Å². The lowest BCUT2D eigenvalue weighted by atomic mass is 9.75. The molecule has 0 aromatic heterocycles. The molecule has 2 fully saturated rings. The van der Waals surface area contributed by atoms with Gasteiger partial charge in [0.2, 0.25) is 6.41 Å². The number of amides is 3. The minimum atomic E-state index is -1.34. The number of hydrogen-bond donors (Lipinski definition) is 4. The van der Waals surface area contributed by atoms with E-state index in [1.54, 1.807) is 24.0 Å². The van der Waals surface area contributed by atoms with E-state index in [0.29, 0.717) is 49.0 Å². The van der Waals surface area contributed by atoms with Crippen LogP contribution >= 0.6 is 0 Å². The van der Waals surface area contributed by atoms with E-state index in [1.807, 2.05) is 36.4 Å². The number of likely N-dealkylation sites (tertiary alicyclic amines) is 1. The van der Waals surface area contributed by atoms with Crippen molar-refractivity contribution >= 4 is 18.2 Å². The quantitative estimate of drug-likeness (QED) is 0.254. The number of benzene rings is 3. The summed E-state index contributed by atoms with van der Waals surface area (Å²) in [6, 6.07) is 19.7. The van der Waals surface area contributed by atoms with Crippen molar-refractivity contribution in [3.05, 3.63) is 100 Å². The van der Waals surface area contributed by atoms with Crippen molar-refractivity contribution in [2.45, 2.75) is 78.0 Å². The fourth-order valence-corrected chi connectivity index (χ4v) is 6.66. The second-order valence-electron chi connectivity index (χ2n) is 12.4. The van der Waals surface area contributed by atoms with Crippen molar-refractivity contribution < 1.29 is 24.6 Å². The van der Waals surface area contributed by atoms with E-state index >= 15 is 0 Å². The van der Waals surface area contributed by atoms with Gasteiger partial charge in [-0.15, -0.1) is 0 Å². The van der Waals surface area contributed by atoms with E-state index in [9.17, 15) is 24.6 Å². The molecule has 1 saturated heterocycles. The number of phenols is 1. The van der Waals surface area contributed by atoms with Crippen LogP contribution in [0.4, 0.5) is 0 Å². The first-order valence-electron chi connectivity index (χ1n) is 16.0. The van der Waals surface area contributed by atoms with Gasteiger partial charge in [0.1, 0.15) is 5.75 Å². The van der Waals surface area contributed by atoms with Gasteiger partial charge in [0.25, 0.3) is 11.8 Å². The molecule has 1 aliphatic heterocycles. The first-order chi connectivity index (χ1) is 21.7. The van der Waals surface area contributed by atoms with E-state index in [4.69, 9.17) is 0 Å². The highest BCUT2D eigenvalue weighted by Crippen LogP contribution is 2.36. The Balaban J connectivity index is 0.000000323. The molecule has 240 valence electrons. The molecular formula is C37H47N3O5. The van der Waals surface area contributed by atoms with Crippen molar-refractivity contribution in [3.63, 3.8) is 0 Å². The summed E-state index contributed by atoms with van der Waals surface area (Å²) >= 11 is 0. The number of hydrogen-bond acceptors (Lipinski definition) is 5. The number of aliphatic hydroxyl groups excluding tert-OH is 1. The van der Waals surface area contributed by atoms with Gasteiger partial charge in [0.05, 0.1) is 6.04 Å². The van der Waals surface area contributed by atoms with Crippen LogP contribution in [-0.2, 0) is 22.6 Å². The van der Waals surface area contributed by atoms with Gasteiger partial charge in [-0.3, -0.25) is 14.4 Å². The molecule has 4 atom stereocenters. The molecule has 8 heteroatoms. The summed E-state index contributed by atoms with van der Waals surface area (Å²) in [5, 5.41) is 26.7. The number of aliphatic hydroxyl groups is 1. The van der Waals surface area contributed by atoms with Gasteiger partial charge in [-0.05, 0) is 86.3 Å². The van der Waals surface area contributed by atoms with Crippen LogP contribution in [0.15, 0.2) is 66.7 Å². The molecule has 3 aromatic carbocycles. The molecule has 4 N–H and O–H groups in total. The summed E-state index contributed by atoms with van der Waals surface area (Å²) in [7, 11) is 0. The van der Waals surface area contributed by atoms with Crippen LogP contribution in [0.2, 0.25) is 0 Å². The van der Waals surface area contributed by atoms with Crippen molar-refractivity contribution in [1.29, 1.82) is 0 Å². The van der Waals surface area contributed by atoms with Gasteiger partial charge in [0, 0.05) is 30.8 Å². The van der Waals surface area contributed by atoms with Crippen LogP contribution in [0, 0.1) is 32.6 Å². The Bertz CT molecular complexity index is 1420. The lowest BCUT2D eigenvalue weighted by molar-refractivity contribution is -0.144. The molecule has 1 aliphatic carbocycles. The maximum atomic E-state index is 13.3. The van der Waals surface area contributed by atoms with Crippen molar-refractivity contribution in [3.8, 4) is 5.75 Å². The average Bonchev–Trinajstić information content (AvgIpc) is 3.05. The first kappa shape index (κ1) is 33.7. The number of rotatable bonds is 9. The van der Waals surface area contributed by atoms with Crippen LogP contribution in [0.1, 0.15) is 70.3 Å². The highest BCUT2D eigenvalue weighted by atomic mass is 16.3. The lowest BCUT2D eigenvalue weighted by Crippen LogP contribution is -2.55. The summed E-state index contributed by atoms with van der Waals surface area (Å²) in [6.45, 7) is 7.75. The van der Waals surface area contributed by atoms with Gasteiger partial charge < -0.3 is 25.7 Å². The molecule has 1 heterocycles. The summed E-state index contributed by atoms with van der Waals surface area (Å²) in [5.74, 6) is 0.513. The summed E-state index contributed by atoms with van der Waals surface area (Å²) in [4.78, 5) is 38.3. The van der Waals surface area contributed by atoms with Crippen LogP contribution in [0.3, 0.4) is 0 Å². The van der Waals surface area contributed by atoms with Crippen molar-refractivity contribution in [2.24, 2.45) is 11.8 Å². The van der Waals surface area contributed by atoms with Crippen LogP contribution in [0.5, 0.6) is 5.75 Å². The number of aryl methyl sites for hydroxylation is 2. The number of aromatic hydroxyl groups is 1. The van der Waals surface area contributed by atoms with Gasteiger partial charge in [0.15, 0.2) is 6.10 Å². The maximum Gasteiger partial charge on any atom is 0.253 e. The molecular weight excluding hydrogens is 566 g/mol.